The Morgan fingerprint density at radius 1 is 1.12 bits per heavy atom. The molecule has 0 saturated carbocycles. The van der Waals surface area contributed by atoms with Crippen LogP contribution in [0.15, 0.2) is 52.5 Å². The zero-order chi connectivity index (χ0) is 23.7. The second-order valence-electron chi connectivity index (χ2n) is 6.86. The van der Waals surface area contributed by atoms with E-state index >= 15 is 0 Å². The Labute approximate surface area is 181 Å². The first kappa shape index (κ1) is 23.3. The Balaban J connectivity index is 2.08. The van der Waals surface area contributed by atoms with E-state index in [9.17, 15) is 26.4 Å². The van der Waals surface area contributed by atoms with Crippen molar-refractivity contribution in [2.24, 2.45) is 0 Å². The molecular weight excluding hydrogens is 449 g/mol. The molecule has 0 atom stereocenters. The quantitative estimate of drug-likeness (QED) is 0.555. The molecule has 0 aliphatic carbocycles. The lowest BCUT2D eigenvalue weighted by molar-refractivity contribution is -0.141. The predicted molar refractivity (Wildman–Crippen MR) is 111 cm³/mol. The monoisotopic (exact) mass is 468 g/mol. The first-order valence-electron chi connectivity index (χ1n) is 9.14. The Hall–Kier alpha value is -3.41. The van der Waals surface area contributed by atoms with E-state index in [1.807, 2.05) is 0 Å². The van der Waals surface area contributed by atoms with E-state index in [0.29, 0.717) is 17.4 Å². The van der Waals surface area contributed by atoms with E-state index < -0.39 is 32.4 Å². The third-order valence-electron chi connectivity index (χ3n) is 4.50. The maximum Gasteiger partial charge on any atom is 0.433 e. The number of anilines is 1. The van der Waals surface area contributed by atoms with Gasteiger partial charge in [0.2, 0.25) is 15.0 Å². The number of pyridine rings is 1. The highest BCUT2D eigenvalue weighted by Crippen LogP contribution is 2.31. The molecule has 3 aromatic rings. The number of hydrogen-bond acceptors (Lipinski definition) is 7. The molecule has 3 rings (SSSR count). The molecule has 0 saturated heterocycles. The van der Waals surface area contributed by atoms with Crippen molar-refractivity contribution in [3.63, 3.8) is 0 Å². The predicted octanol–water partition coefficient (Wildman–Crippen LogP) is 2.83. The summed E-state index contributed by atoms with van der Waals surface area (Å²) in [5.41, 5.74) is -0.500. The Kier molecular flexibility index (Phi) is 6.26. The molecule has 2 aromatic heterocycles. The van der Waals surface area contributed by atoms with Crippen LogP contribution in [-0.2, 0) is 22.6 Å². The lowest BCUT2D eigenvalue weighted by Crippen LogP contribution is -2.19. The molecule has 0 aliphatic rings. The average molecular weight is 468 g/mol. The summed E-state index contributed by atoms with van der Waals surface area (Å²) in [5, 5.41) is 2.01. The summed E-state index contributed by atoms with van der Waals surface area (Å²) in [6.45, 7) is 0.100. The number of methoxy groups -OCH3 is 1. The second-order valence-corrected chi connectivity index (χ2v) is 8.77. The first-order valence-corrected chi connectivity index (χ1v) is 11.0. The van der Waals surface area contributed by atoms with Crippen LogP contribution in [0.4, 0.5) is 18.9 Å². The van der Waals surface area contributed by atoms with E-state index in [2.05, 4.69) is 15.3 Å². The number of benzene rings is 1. The molecule has 12 heteroatoms. The van der Waals surface area contributed by atoms with Crippen molar-refractivity contribution in [2.45, 2.75) is 17.9 Å². The summed E-state index contributed by atoms with van der Waals surface area (Å²) in [6.07, 6.45) is -2.85. The third-order valence-corrected chi connectivity index (χ3v) is 5.34. The van der Waals surface area contributed by atoms with Gasteiger partial charge in [0.05, 0.1) is 25.0 Å². The van der Waals surface area contributed by atoms with Crippen LogP contribution in [0.5, 0.6) is 5.75 Å². The number of ether oxygens (including phenoxy) is 1. The number of alkyl halides is 3. The standard InChI is InChI=1S/C20H19F3N4O4S/c1-24-14-6-4-12(8-16(14)31-2)10-27-11-13(5-7-18(27)28)15-9-17(20(21,22)23)26-19(25-15)32(3,29)30/h4-9,11,24H,10H2,1-3H3. The fourth-order valence-corrected chi connectivity index (χ4v) is 3.46. The molecule has 2 heterocycles. The first-order chi connectivity index (χ1) is 14.9. The van der Waals surface area contributed by atoms with Gasteiger partial charge in [-0.25, -0.2) is 18.4 Å². The summed E-state index contributed by atoms with van der Waals surface area (Å²) in [5.74, 6) is 0.553. The zero-order valence-corrected chi connectivity index (χ0v) is 18.1. The van der Waals surface area contributed by atoms with Crippen molar-refractivity contribution in [1.29, 1.82) is 0 Å². The van der Waals surface area contributed by atoms with Gasteiger partial charge in [0.15, 0.2) is 0 Å². The van der Waals surface area contributed by atoms with E-state index in [1.54, 1.807) is 25.2 Å². The van der Waals surface area contributed by atoms with Crippen molar-refractivity contribution in [1.82, 2.24) is 14.5 Å². The molecule has 170 valence electrons. The summed E-state index contributed by atoms with van der Waals surface area (Å²) in [7, 11) is -0.879. The molecule has 0 spiro atoms. The molecule has 0 fully saturated rings. The zero-order valence-electron chi connectivity index (χ0n) is 17.3. The van der Waals surface area contributed by atoms with Crippen molar-refractivity contribution < 1.29 is 26.3 Å². The van der Waals surface area contributed by atoms with Crippen LogP contribution in [-0.4, -0.2) is 43.4 Å². The van der Waals surface area contributed by atoms with E-state index in [0.717, 1.165) is 11.9 Å². The number of hydrogen-bond donors (Lipinski definition) is 1. The fraction of sp³-hybridized carbons (Fsp3) is 0.250. The number of aromatic nitrogens is 3. The largest absolute Gasteiger partial charge is 0.495 e. The number of sulfone groups is 1. The highest BCUT2D eigenvalue weighted by molar-refractivity contribution is 7.90. The molecule has 0 bridgehead atoms. The summed E-state index contributed by atoms with van der Waals surface area (Å²) < 4.78 is 70.0. The summed E-state index contributed by atoms with van der Waals surface area (Å²) in [6, 6.07) is 8.34. The van der Waals surface area contributed by atoms with E-state index in [-0.39, 0.29) is 17.8 Å². The Morgan fingerprint density at radius 2 is 1.84 bits per heavy atom. The highest BCUT2D eigenvalue weighted by atomic mass is 32.2. The summed E-state index contributed by atoms with van der Waals surface area (Å²) in [4.78, 5) is 19.3. The number of nitrogens with one attached hydrogen (secondary N) is 1. The van der Waals surface area contributed by atoms with Crippen molar-refractivity contribution in [3.05, 3.63) is 64.2 Å². The smallest absolute Gasteiger partial charge is 0.433 e. The van der Waals surface area contributed by atoms with Gasteiger partial charge in [0.25, 0.3) is 5.56 Å². The lowest BCUT2D eigenvalue weighted by Gasteiger charge is -2.13. The maximum absolute atomic E-state index is 13.3. The van der Waals surface area contributed by atoms with Crippen LogP contribution in [0.2, 0.25) is 0 Å². The van der Waals surface area contributed by atoms with Crippen LogP contribution in [0.25, 0.3) is 11.3 Å². The molecule has 0 unspecified atom stereocenters. The highest BCUT2D eigenvalue weighted by Gasteiger charge is 2.35. The van der Waals surface area contributed by atoms with Crippen LogP contribution in [0.3, 0.4) is 0 Å². The van der Waals surface area contributed by atoms with Gasteiger partial charge in [-0.2, -0.15) is 13.2 Å². The van der Waals surface area contributed by atoms with Crippen molar-refractivity contribution >= 4 is 15.5 Å². The minimum absolute atomic E-state index is 0.100. The molecule has 0 amide bonds. The molecule has 32 heavy (non-hydrogen) atoms. The van der Waals surface area contributed by atoms with E-state index in [4.69, 9.17) is 4.74 Å². The van der Waals surface area contributed by atoms with Crippen molar-refractivity contribution in [3.8, 4) is 17.0 Å². The van der Waals surface area contributed by atoms with Gasteiger partial charge in [0, 0.05) is 31.1 Å². The minimum Gasteiger partial charge on any atom is -0.495 e. The van der Waals surface area contributed by atoms with Crippen LogP contribution >= 0.6 is 0 Å². The SMILES string of the molecule is CNc1ccc(Cn2cc(-c3cc(C(F)(F)F)nc(S(C)(=O)=O)n3)ccc2=O)cc1OC. The molecule has 1 N–H and O–H groups in total. The molecule has 8 nitrogen and oxygen atoms in total. The normalized spacial score (nSPS) is 11.9. The fourth-order valence-electron chi connectivity index (χ4n) is 2.93. The van der Waals surface area contributed by atoms with E-state index in [1.165, 1.54) is 30.0 Å². The maximum atomic E-state index is 13.3. The molecule has 1 aromatic carbocycles. The number of rotatable bonds is 6. The number of nitrogens with zero attached hydrogens (tertiary/aromatic N) is 3. The molecular formula is C20H19F3N4O4S. The summed E-state index contributed by atoms with van der Waals surface area (Å²) >= 11 is 0. The third kappa shape index (κ3) is 5.07. The van der Waals surface area contributed by atoms with Gasteiger partial charge in [-0.15, -0.1) is 0 Å². The number of halogens is 3. The van der Waals surface area contributed by atoms with Gasteiger partial charge in [-0.1, -0.05) is 6.07 Å². The Morgan fingerprint density at radius 3 is 2.44 bits per heavy atom. The minimum atomic E-state index is -4.88. The lowest BCUT2D eigenvalue weighted by atomic mass is 10.1. The van der Waals surface area contributed by atoms with Gasteiger partial charge in [-0.05, 0) is 29.8 Å². The Bertz CT molecular complexity index is 1320. The molecule has 0 aliphatic heterocycles. The van der Waals surface area contributed by atoms with Crippen LogP contribution in [0.1, 0.15) is 11.3 Å². The van der Waals surface area contributed by atoms with Gasteiger partial charge >= 0.3 is 6.18 Å². The van der Waals surface area contributed by atoms with Gasteiger partial charge < -0.3 is 14.6 Å². The average Bonchev–Trinajstić information content (AvgIpc) is 2.73. The van der Waals surface area contributed by atoms with Gasteiger partial charge in [-0.3, -0.25) is 4.79 Å². The topological polar surface area (TPSA) is 103 Å². The second kappa shape index (κ2) is 8.61. The van der Waals surface area contributed by atoms with Crippen LogP contribution in [0, 0.1) is 0 Å². The van der Waals surface area contributed by atoms with Gasteiger partial charge in [0.1, 0.15) is 11.4 Å². The van der Waals surface area contributed by atoms with Crippen molar-refractivity contribution in [2.75, 3.05) is 25.7 Å². The van der Waals surface area contributed by atoms with Crippen LogP contribution < -0.4 is 15.6 Å². The molecule has 0 radical (unpaired) electrons.